The van der Waals surface area contributed by atoms with Crippen molar-refractivity contribution in [2.24, 2.45) is 0 Å². The fourth-order valence-corrected chi connectivity index (χ4v) is 5.83. The van der Waals surface area contributed by atoms with Crippen molar-refractivity contribution in [2.45, 2.75) is 18.1 Å². The number of para-hydroxylation sites is 1. The number of halogens is 1. The predicted molar refractivity (Wildman–Crippen MR) is 83.4 cm³/mol. The Hall–Kier alpha value is -0.850. The molecule has 0 radical (unpaired) electrons. The van der Waals surface area contributed by atoms with Gasteiger partial charge < -0.3 is 0 Å². The maximum Gasteiger partial charge on any atom is 0.274 e. The standard InChI is InChI=1S/C13H14BrNO2S2/c1-3-15(12-7-5-4-6-10(12)2)19(16,17)13-11(14)8-9-18-13/h4-9H,3H2,1-2H3. The van der Waals surface area contributed by atoms with Crippen LogP contribution in [0.25, 0.3) is 0 Å². The number of sulfonamides is 1. The quantitative estimate of drug-likeness (QED) is 0.825. The van der Waals surface area contributed by atoms with Crippen LogP contribution in [0.4, 0.5) is 5.69 Å². The molecule has 1 aromatic heterocycles. The molecule has 3 nitrogen and oxygen atoms in total. The van der Waals surface area contributed by atoms with Gasteiger partial charge in [0.25, 0.3) is 10.0 Å². The van der Waals surface area contributed by atoms with Crippen molar-refractivity contribution in [1.29, 1.82) is 0 Å². The van der Waals surface area contributed by atoms with Crippen molar-refractivity contribution < 1.29 is 8.42 Å². The van der Waals surface area contributed by atoms with E-state index < -0.39 is 10.0 Å². The summed E-state index contributed by atoms with van der Waals surface area (Å²) in [5.41, 5.74) is 1.67. The first-order valence-electron chi connectivity index (χ1n) is 5.80. The van der Waals surface area contributed by atoms with E-state index in [4.69, 9.17) is 0 Å². The smallest absolute Gasteiger partial charge is 0.266 e. The molecule has 0 amide bonds. The van der Waals surface area contributed by atoms with Crippen LogP contribution in [0, 0.1) is 6.92 Å². The van der Waals surface area contributed by atoms with Crippen molar-refractivity contribution in [3.8, 4) is 0 Å². The SMILES string of the molecule is CCN(c1ccccc1C)S(=O)(=O)c1sccc1Br. The molecule has 0 atom stereocenters. The summed E-state index contributed by atoms with van der Waals surface area (Å²) in [7, 11) is -3.51. The molecule has 19 heavy (non-hydrogen) atoms. The summed E-state index contributed by atoms with van der Waals surface area (Å²) in [4.78, 5) is 0. The third-order valence-corrected chi connectivity index (χ3v) is 7.32. The van der Waals surface area contributed by atoms with Crippen LogP contribution in [-0.2, 0) is 10.0 Å². The molecule has 0 aliphatic rings. The van der Waals surface area contributed by atoms with Crippen LogP contribution in [0.1, 0.15) is 12.5 Å². The molecule has 0 unspecified atom stereocenters. The topological polar surface area (TPSA) is 37.4 Å². The second-order valence-electron chi connectivity index (χ2n) is 4.01. The van der Waals surface area contributed by atoms with E-state index in [1.165, 1.54) is 15.6 Å². The van der Waals surface area contributed by atoms with E-state index in [-0.39, 0.29) is 0 Å². The highest BCUT2D eigenvalue weighted by molar-refractivity contribution is 9.10. The number of hydrogen-bond donors (Lipinski definition) is 0. The molecule has 1 aromatic carbocycles. The van der Waals surface area contributed by atoms with Gasteiger partial charge in [0.1, 0.15) is 0 Å². The second kappa shape index (κ2) is 5.64. The summed E-state index contributed by atoms with van der Waals surface area (Å²) in [5, 5.41) is 1.77. The number of anilines is 1. The van der Waals surface area contributed by atoms with Gasteiger partial charge in [0.15, 0.2) is 4.21 Å². The third kappa shape index (κ3) is 2.70. The van der Waals surface area contributed by atoms with E-state index in [1.54, 1.807) is 11.4 Å². The van der Waals surface area contributed by atoms with Gasteiger partial charge in [0.05, 0.1) is 5.69 Å². The van der Waals surface area contributed by atoms with Gasteiger partial charge in [-0.25, -0.2) is 8.42 Å². The lowest BCUT2D eigenvalue weighted by Gasteiger charge is -2.24. The van der Waals surface area contributed by atoms with Gasteiger partial charge in [-0.15, -0.1) is 11.3 Å². The Kier molecular flexibility index (Phi) is 4.32. The van der Waals surface area contributed by atoms with E-state index >= 15 is 0 Å². The molecule has 0 N–H and O–H groups in total. The lowest BCUT2D eigenvalue weighted by Crippen LogP contribution is -2.31. The summed E-state index contributed by atoms with van der Waals surface area (Å²) in [6.07, 6.45) is 0. The average molecular weight is 360 g/mol. The molecule has 6 heteroatoms. The van der Waals surface area contributed by atoms with Crippen LogP contribution in [0.3, 0.4) is 0 Å². The summed E-state index contributed by atoms with van der Waals surface area (Å²) >= 11 is 4.52. The molecule has 0 saturated heterocycles. The van der Waals surface area contributed by atoms with Crippen LogP contribution < -0.4 is 4.31 Å². The molecular weight excluding hydrogens is 346 g/mol. The molecule has 0 aliphatic carbocycles. The van der Waals surface area contributed by atoms with Crippen molar-refractivity contribution in [3.63, 3.8) is 0 Å². The Labute approximate surface area is 126 Å². The lowest BCUT2D eigenvalue weighted by molar-refractivity contribution is 0.593. The molecule has 0 aliphatic heterocycles. The van der Waals surface area contributed by atoms with Crippen molar-refractivity contribution in [3.05, 3.63) is 45.7 Å². The molecule has 2 rings (SSSR count). The lowest BCUT2D eigenvalue weighted by atomic mass is 10.2. The van der Waals surface area contributed by atoms with E-state index in [1.807, 2.05) is 38.1 Å². The van der Waals surface area contributed by atoms with Crippen LogP contribution >= 0.6 is 27.3 Å². The largest absolute Gasteiger partial charge is 0.274 e. The van der Waals surface area contributed by atoms with Crippen LogP contribution in [0.15, 0.2) is 44.4 Å². The molecule has 0 spiro atoms. The highest BCUT2D eigenvalue weighted by atomic mass is 79.9. The zero-order chi connectivity index (χ0) is 14.0. The number of benzene rings is 1. The first kappa shape index (κ1) is 14.6. The van der Waals surface area contributed by atoms with Crippen molar-refractivity contribution in [2.75, 3.05) is 10.8 Å². The highest BCUT2D eigenvalue weighted by Gasteiger charge is 2.27. The Morgan fingerprint density at radius 3 is 2.47 bits per heavy atom. The Bertz CT molecular complexity index is 679. The first-order valence-corrected chi connectivity index (χ1v) is 8.91. The van der Waals surface area contributed by atoms with Gasteiger partial charge >= 0.3 is 0 Å². The van der Waals surface area contributed by atoms with Crippen molar-refractivity contribution >= 4 is 43.0 Å². The van der Waals surface area contributed by atoms with Crippen LogP contribution in [-0.4, -0.2) is 15.0 Å². The highest BCUT2D eigenvalue weighted by Crippen LogP contribution is 2.33. The molecule has 0 bridgehead atoms. The summed E-state index contributed by atoms with van der Waals surface area (Å²) in [6.45, 7) is 4.15. The molecular formula is C13H14BrNO2S2. The monoisotopic (exact) mass is 359 g/mol. The fraction of sp³-hybridized carbons (Fsp3) is 0.231. The number of hydrogen-bond acceptors (Lipinski definition) is 3. The summed E-state index contributed by atoms with van der Waals surface area (Å²) in [6, 6.07) is 9.25. The number of rotatable bonds is 4. The fourth-order valence-electron chi connectivity index (χ4n) is 1.88. The number of thiophene rings is 1. The molecule has 102 valence electrons. The zero-order valence-electron chi connectivity index (χ0n) is 10.6. The van der Waals surface area contributed by atoms with E-state index in [9.17, 15) is 8.42 Å². The van der Waals surface area contributed by atoms with Crippen molar-refractivity contribution in [1.82, 2.24) is 0 Å². The van der Waals surface area contributed by atoms with Gasteiger partial charge in [-0.2, -0.15) is 0 Å². The van der Waals surface area contributed by atoms with Gasteiger partial charge in [0, 0.05) is 11.0 Å². The van der Waals surface area contributed by atoms with Crippen LogP contribution in [0.5, 0.6) is 0 Å². The predicted octanol–water partition coefficient (Wildman–Crippen LogP) is 4.03. The average Bonchev–Trinajstić information content (AvgIpc) is 2.79. The minimum absolute atomic E-state index is 0.345. The van der Waals surface area contributed by atoms with Gasteiger partial charge in [-0.3, -0.25) is 4.31 Å². The normalized spacial score (nSPS) is 11.5. The second-order valence-corrected chi connectivity index (χ2v) is 7.84. The maximum absolute atomic E-state index is 12.7. The van der Waals surface area contributed by atoms with Crippen LogP contribution in [0.2, 0.25) is 0 Å². The first-order chi connectivity index (χ1) is 8.98. The molecule has 2 aromatic rings. The number of aryl methyl sites for hydroxylation is 1. The Morgan fingerprint density at radius 2 is 1.95 bits per heavy atom. The third-order valence-electron chi connectivity index (χ3n) is 2.78. The van der Waals surface area contributed by atoms with E-state index in [0.29, 0.717) is 15.2 Å². The molecule has 1 heterocycles. The van der Waals surface area contributed by atoms with Gasteiger partial charge in [0.2, 0.25) is 0 Å². The van der Waals surface area contributed by atoms with Gasteiger partial charge in [-0.1, -0.05) is 18.2 Å². The minimum Gasteiger partial charge on any atom is -0.266 e. The summed E-state index contributed by atoms with van der Waals surface area (Å²) in [5.74, 6) is 0. The minimum atomic E-state index is -3.51. The Morgan fingerprint density at radius 1 is 1.26 bits per heavy atom. The summed E-state index contributed by atoms with van der Waals surface area (Å²) < 4.78 is 27.8. The molecule has 0 fully saturated rings. The zero-order valence-corrected chi connectivity index (χ0v) is 13.8. The van der Waals surface area contributed by atoms with Gasteiger partial charge in [-0.05, 0) is 52.9 Å². The molecule has 0 saturated carbocycles. The van der Waals surface area contributed by atoms with E-state index in [2.05, 4.69) is 15.9 Å². The Balaban J connectivity index is 2.55. The number of nitrogens with zero attached hydrogens (tertiary/aromatic N) is 1. The van der Waals surface area contributed by atoms with E-state index in [0.717, 1.165) is 11.3 Å². The maximum atomic E-state index is 12.7.